The Morgan fingerprint density at radius 2 is 1.81 bits per heavy atom. The van der Waals surface area contributed by atoms with E-state index in [1.165, 1.54) is 0 Å². The van der Waals surface area contributed by atoms with Crippen molar-refractivity contribution in [2.75, 3.05) is 5.32 Å². The molecule has 1 heterocycles. The minimum Gasteiger partial charge on any atom is -0.478 e. The van der Waals surface area contributed by atoms with Crippen LogP contribution in [-0.2, 0) is 4.79 Å². The minimum atomic E-state index is -1.07. The number of aromatic nitrogens is 1. The maximum atomic E-state index is 12.9. The molecule has 5 nitrogen and oxygen atoms in total. The van der Waals surface area contributed by atoms with Gasteiger partial charge in [-0.25, -0.2) is 4.98 Å². The Hall–Kier alpha value is -1.91. The standard InChI is InChI=1S/C23H17Br2IN2O3/c1-23(2,31-16-7-3-13(24)4-8-16)22(29)27-15-6-10-20-19(12-15)28-21(30-20)17-11-14(26)5-9-18(17)25/h3-12H,1-2H3,(H,27,29). The van der Waals surface area contributed by atoms with Crippen LogP contribution in [0, 0.1) is 3.57 Å². The summed E-state index contributed by atoms with van der Waals surface area (Å²) in [6.45, 7) is 3.46. The predicted octanol–water partition coefficient (Wildman–Crippen LogP) is 7.42. The molecule has 0 spiro atoms. The Kier molecular flexibility index (Phi) is 6.41. The lowest BCUT2D eigenvalue weighted by atomic mass is 10.1. The van der Waals surface area contributed by atoms with Crippen LogP contribution in [-0.4, -0.2) is 16.5 Å². The average molecular weight is 656 g/mol. The van der Waals surface area contributed by atoms with Crippen molar-refractivity contribution < 1.29 is 13.9 Å². The second kappa shape index (κ2) is 8.91. The Balaban J connectivity index is 1.55. The fourth-order valence-corrected chi connectivity index (χ4v) is 4.08. The van der Waals surface area contributed by atoms with Crippen LogP contribution in [0.25, 0.3) is 22.6 Å². The highest BCUT2D eigenvalue weighted by molar-refractivity contribution is 14.1. The zero-order valence-corrected chi connectivity index (χ0v) is 21.9. The fourth-order valence-electron chi connectivity index (χ4n) is 2.91. The molecule has 0 fully saturated rings. The van der Waals surface area contributed by atoms with Crippen molar-refractivity contribution in [1.29, 1.82) is 0 Å². The van der Waals surface area contributed by atoms with Crippen LogP contribution in [0.4, 0.5) is 5.69 Å². The smallest absolute Gasteiger partial charge is 0.267 e. The summed E-state index contributed by atoms with van der Waals surface area (Å²) >= 11 is 9.19. The number of hydrogen-bond donors (Lipinski definition) is 1. The summed E-state index contributed by atoms with van der Waals surface area (Å²) in [5.74, 6) is 0.865. The predicted molar refractivity (Wildman–Crippen MR) is 137 cm³/mol. The quantitative estimate of drug-likeness (QED) is 0.227. The average Bonchev–Trinajstić information content (AvgIpc) is 3.14. The third-order valence-corrected chi connectivity index (χ3v) is 6.43. The van der Waals surface area contributed by atoms with Crippen LogP contribution < -0.4 is 10.1 Å². The molecule has 1 N–H and O–H groups in total. The van der Waals surface area contributed by atoms with Gasteiger partial charge in [-0.2, -0.15) is 0 Å². The van der Waals surface area contributed by atoms with Gasteiger partial charge in [0.15, 0.2) is 11.2 Å². The first-order valence-electron chi connectivity index (χ1n) is 9.33. The maximum Gasteiger partial charge on any atom is 0.267 e. The van der Waals surface area contributed by atoms with Crippen LogP contribution in [0.15, 0.2) is 74.0 Å². The molecule has 0 unspecified atom stereocenters. The first-order chi connectivity index (χ1) is 14.7. The number of hydrogen-bond acceptors (Lipinski definition) is 4. The third-order valence-electron chi connectivity index (χ3n) is 4.54. The van der Waals surface area contributed by atoms with Gasteiger partial charge >= 0.3 is 0 Å². The van der Waals surface area contributed by atoms with Gasteiger partial charge in [0, 0.05) is 18.2 Å². The number of fused-ring (bicyclic) bond motifs is 1. The summed E-state index contributed by atoms with van der Waals surface area (Å²) in [4.78, 5) is 17.5. The summed E-state index contributed by atoms with van der Waals surface area (Å²) in [5, 5.41) is 2.91. The van der Waals surface area contributed by atoms with Crippen molar-refractivity contribution in [2.24, 2.45) is 0 Å². The van der Waals surface area contributed by atoms with Crippen molar-refractivity contribution in [3.8, 4) is 17.2 Å². The van der Waals surface area contributed by atoms with Crippen molar-refractivity contribution in [3.05, 3.63) is 73.2 Å². The molecule has 8 heteroatoms. The monoisotopic (exact) mass is 654 g/mol. The van der Waals surface area contributed by atoms with Crippen LogP contribution in [0.3, 0.4) is 0 Å². The van der Waals surface area contributed by atoms with Crippen molar-refractivity contribution in [2.45, 2.75) is 19.4 Å². The second-order valence-electron chi connectivity index (χ2n) is 7.35. The van der Waals surface area contributed by atoms with E-state index in [2.05, 4.69) is 64.8 Å². The summed E-state index contributed by atoms with van der Waals surface area (Å²) in [6, 6.07) is 18.7. The van der Waals surface area contributed by atoms with E-state index >= 15 is 0 Å². The van der Waals surface area contributed by atoms with Crippen molar-refractivity contribution in [1.82, 2.24) is 4.98 Å². The van der Waals surface area contributed by atoms with Gasteiger partial charge in [0.2, 0.25) is 5.89 Å². The van der Waals surface area contributed by atoms with Gasteiger partial charge in [-0.3, -0.25) is 4.79 Å². The molecular formula is C23H17Br2IN2O3. The lowest BCUT2D eigenvalue weighted by Gasteiger charge is -2.25. The molecule has 1 amide bonds. The van der Waals surface area contributed by atoms with Gasteiger partial charge in [0.1, 0.15) is 11.3 Å². The van der Waals surface area contributed by atoms with Crippen LogP contribution in [0.2, 0.25) is 0 Å². The molecule has 0 aliphatic rings. The second-order valence-corrected chi connectivity index (χ2v) is 10.4. The lowest BCUT2D eigenvalue weighted by molar-refractivity contribution is -0.128. The van der Waals surface area contributed by atoms with Gasteiger partial charge in [-0.1, -0.05) is 15.9 Å². The molecule has 31 heavy (non-hydrogen) atoms. The lowest BCUT2D eigenvalue weighted by Crippen LogP contribution is -2.42. The number of benzene rings is 3. The van der Waals surface area contributed by atoms with E-state index in [4.69, 9.17) is 9.15 Å². The van der Waals surface area contributed by atoms with Gasteiger partial charge < -0.3 is 14.5 Å². The molecule has 4 aromatic rings. The van der Waals surface area contributed by atoms with Crippen LogP contribution in [0.1, 0.15) is 13.8 Å². The molecule has 0 aliphatic heterocycles. The zero-order chi connectivity index (χ0) is 22.2. The third kappa shape index (κ3) is 5.12. The fraction of sp³-hybridized carbons (Fsp3) is 0.130. The van der Waals surface area contributed by atoms with Gasteiger partial charge in [-0.05, 0) is 113 Å². The summed E-state index contributed by atoms with van der Waals surface area (Å²) in [5.41, 5.74) is 1.72. The van der Waals surface area contributed by atoms with Crippen LogP contribution in [0.5, 0.6) is 5.75 Å². The molecule has 1 aromatic heterocycles. The molecular weight excluding hydrogens is 639 g/mol. The van der Waals surface area contributed by atoms with E-state index in [-0.39, 0.29) is 5.91 Å². The highest BCUT2D eigenvalue weighted by atomic mass is 127. The first kappa shape index (κ1) is 22.3. The normalized spacial score (nSPS) is 11.5. The number of nitrogens with one attached hydrogen (secondary N) is 1. The summed E-state index contributed by atoms with van der Waals surface area (Å²) < 4.78 is 14.7. The molecule has 0 saturated carbocycles. The van der Waals surface area contributed by atoms with Crippen molar-refractivity contribution in [3.63, 3.8) is 0 Å². The highest BCUT2D eigenvalue weighted by Crippen LogP contribution is 2.32. The molecule has 0 radical (unpaired) electrons. The number of carbonyl (C=O) groups excluding carboxylic acids is 1. The first-order valence-corrected chi connectivity index (χ1v) is 12.0. The number of amides is 1. The highest BCUT2D eigenvalue weighted by Gasteiger charge is 2.30. The largest absolute Gasteiger partial charge is 0.478 e. The summed E-state index contributed by atoms with van der Waals surface area (Å²) in [7, 11) is 0. The zero-order valence-electron chi connectivity index (χ0n) is 16.6. The van der Waals surface area contributed by atoms with Gasteiger partial charge in [-0.15, -0.1) is 0 Å². The Morgan fingerprint density at radius 3 is 2.55 bits per heavy atom. The topological polar surface area (TPSA) is 64.4 Å². The number of nitrogens with zero attached hydrogens (tertiary/aromatic N) is 1. The van der Waals surface area contributed by atoms with Crippen molar-refractivity contribution >= 4 is 77.1 Å². The number of anilines is 1. The number of ether oxygens (including phenoxy) is 1. The Bertz CT molecular complexity index is 1270. The number of carbonyl (C=O) groups is 1. The van der Waals surface area contributed by atoms with E-state index < -0.39 is 5.60 Å². The van der Waals surface area contributed by atoms with E-state index in [9.17, 15) is 4.79 Å². The molecule has 0 saturated heterocycles. The Labute approximate surface area is 210 Å². The van der Waals surface area contributed by atoms with E-state index in [0.29, 0.717) is 28.4 Å². The number of oxazole rings is 1. The molecule has 0 aliphatic carbocycles. The van der Waals surface area contributed by atoms with Gasteiger partial charge in [0.05, 0.1) is 5.56 Å². The van der Waals surface area contributed by atoms with Gasteiger partial charge in [0.25, 0.3) is 5.91 Å². The SMILES string of the molecule is CC(C)(Oc1ccc(Br)cc1)C(=O)Nc1ccc2oc(-c3cc(I)ccc3Br)nc2c1. The summed E-state index contributed by atoms with van der Waals surface area (Å²) in [6.07, 6.45) is 0. The minimum absolute atomic E-state index is 0.265. The van der Waals surface area contributed by atoms with E-state index in [0.717, 1.165) is 18.1 Å². The molecule has 4 rings (SSSR count). The van der Waals surface area contributed by atoms with Crippen LogP contribution >= 0.6 is 54.5 Å². The van der Waals surface area contributed by atoms with E-state index in [1.807, 2.05) is 42.5 Å². The molecule has 158 valence electrons. The number of halogens is 3. The molecule has 3 aromatic carbocycles. The molecule has 0 bridgehead atoms. The maximum absolute atomic E-state index is 12.9. The number of rotatable bonds is 5. The Morgan fingerprint density at radius 1 is 1.06 bits per heavy atom. The van der Waals surface area contributed by atoms with E-state index in [1.54, 1.807) is 32.0 Å². The molecule has 0 atom stereocenters.